The van der Waals surface area contributed by atoms with Gasteiger partial charge in [0.1, 0.15) is 11.6 Å². The molecule has 0 aliphatic heterocycles. The van der Waals surface area contributed by atoms with Gasteiger partial charge in [-0.2, -0.15) is 0 Å². The molecule has 15 heavy (non-hydrogen) atoms. The van der Waals surface area contributed by atoms with E-state index in [1.54, 1.807) is 0 Å². The highest BCUT2D eigenvalue weighted by Gasteiger charge is 2.33. The lowest BCUT2D eigenvalue weighted by molar-refractivity contribution is 0.0951. The molecule has 1 saturated carbocycles. The van der Waals surface area contributed by atoms with Crippen LogP contribution in [0, 0.1) is 17.6 Å². The summed E-state index contributed by atoms with van der Waals surface area (Å²) in [6.07, 6.45) is 1.84. The third-order valence-electron chi connectivity index (χ3n) is 2.58. The van der Waals surface area contributed by atoms with Crippen molar-refractivity contribution < 1.29 is 13.6 Å². The van der Waals surface area contributed by atoms with E-state index in [0.717, 1.165) is 31.0 Å². The first-order valence-electron chi connectivity index (χ1n) is 4.84. The van der Waals surface area contributed by atoms with Crippen molar-refractivity contribution in [1.82, 2.24) is 0 Å². The number of hydrogen-bond donors (Lipinski definition) is 1. The molecular formula is C11H11F2NO. The van der Waals surface area contributed by atoms with E-state index < -0.39 is 17.7 Å². The monoisotopic (exact) mass is 211 g/mol. The fourth-order valence-electron chi connectivity index (χ4n) is 1.56. The Morgan fingerprint density at radius 3 is 2.27 bits per heavy atom. The van der Waals surface area contributed by atoms with Crippen molar-refractivity contribution in [3.05, 3.63) is 35.4 Å². The maximum Gasteiger partial charge on any atom is 0.179 e. The molecule has 1 fully saturated rings. The highest BCUT2D eigenvalue weighted by molar-refractivity contribution is 6.00. The fraction of sp³-hybridized carbons (Fsp3) is 0.364. The summed E-state index contributed by atoms with van der Waals surface area (Å²) in [7, 11) is 0. The molecule has 0 amide bonds. The van der Waals surface area contributed by atoms with Crippen LogP contribution in [0.3, 0.4) is 0 Å². The van der Waals surface area contributed by atoms with Gasteiger partial charge in [-0.15, -0.1) is 0 Å². The van der Waals surface area contributed by atoms with E-state index in [2.05, 4.69) is 0 Å². The van der Waals surface area contributed by atoms with Gasteiger partial charge < -0.3 is 5.73 Å². The SMILES string of the molecule is NC(C(=O)c1cc(F)cc(F)c1)C1CC1. The summed E-state index contributed by atoms with van der Waals surface area (Å²) >= 11 is 0. The van der Waals surface area contributed by atoms with Gasteiger partial charge in [0, 0.05) is 11.6 Å². The van der Waals surface area contributed by atoms with E-state index in [9.17, 15) is 13.6 Å². The summed E-state index contributed by atoms with van der Waals surface area (Å²) in [6, 6.07) is 2.16. The Hall–Kier alpha value is -1.29. The van der Waals surface area contributed by atoms with Crippen LogP contribution in [-0.2, 0) is 0 Å². The lowest BCUT2D eigenvalue weighted by atomic mass is 10.0. The van der Waals surface area contributed by atoms with Gasteiger partial charge in [-0.1, -0.05) is 0 Å². The van der Waals surface area contributed by atoms with E-state index in [-0.39, 0.29) is 17.3 Å². The summed E-state index contributed by atoms with van der Waals surface area (Å²) in [5.74, 6) is -1.69. The molecule has 1 aliphatic rings. The normalized spacial score (nSPS) is 17.5. The molecule has 1 atom stereocenters. The molecule has 2 rings (SSSR count). The summed E-state index contributed by atoms with van der Waals surface area (Å²) in [6.45, 7) is 0. The molecule has 1 aromatic carbocycles. The summed E-state index contributed by atoms with van der Waals surface area (Å²) < 4.78 is 25.7. The number of halogens is 2. The van der Waals surface area contributed by atoms with Crippen molar-refractivity contribution in [2.45, 2.75) is 18.9 Å². The first-order valence-corrected chi connectivity index (χ1v) is 4.84. The molecule has 4 heteroatoms. The Balaban J connectivity index is 2.24. The van der Waals surface area contributed by atoms with E-state index in [1.165, 1.54) is 0 Å². The molecule has 0 spiro atoms. The van der Waals surface area contributed by atoms with Crippen molar-refractivity contribution >= 4 is 5.78 Å². The summed E-state index contributed by atoms with van der Waals surface area (Å²) in [4.78, 5) is 11.7. The zero-order chi connectivity index (χ0) is 11.0. The maximum absolute atomic E-state index is 12.8. The van der Waals surface area contributed by atoms with Crippen LogP contribution in [0.5, 0.6) is 0 Å². The van der Waals surface area contributed by atoms with E-state index in [0.29, 0.717) is 0 Å². The van der Waals surface area contributed by atoms with E-state index in [4.69, 9.17) is 5.73 Å². The molecule has 2 N–H and O–H groups in total. The Morgan fingerprint density at radius 1 is 1.27 bits per heavy atom. The minimum absolute atomic E-state index is 0.0203. The van der Waals surface area contributed by atoms with Crippen molar-refractivity contribution in [2.75, 3.05) is 0 Å². The maximum atomic E-state index is 12.8. The average molecular weight is 211 g/mol. The average Bonchev–Trinajstić information content (AvgIpc) is 2.97. The number of Topliss-reactive ketones (excluding diaryl/α,β-unsaturated/α-hetero) is 1. The molecule has 1 aliphatic carbocycles. The highest BCUT2D eigenvalue weighted by Crippen LogP contribution is 2.32. The quantitative estimate of drug-likeness (QED) is 0.776. The van der Waals surface area contributed by atoms with Crippen LogP contribution in [0.25, 0.3) is 0 Å². The Bertz CT molecular complexity index is 381. The number of carbonyl (C=O) groups is 1. The van der Waals surface area contributed by atoms with Crippen molar-refractivity contribution in [1.29, 1.82) is 0 Å². The lowest BCUT2D eigenvalue weighted by Gasteiger charge is -2.08. The standard InChI is InChI=1S/C11H11F2NO/c12-8-3-7(4-9(13)5-8)11(15)10(14)6-1-2-6/h3-6,10H,1-2,14H2. The second-order valence-corrected chi connectivity index (χ2v) is 3.89. The third kappa shape index (κ3) is 2.21. The first-order chi connectivity index (χ1) is 7.08. The molecule has 0 heterocycles. The molecule has 2 nitrogen and oxygen atoms in total. The van der Waals surface area contributed by atoms with Crippen LogP contribution < -0.4 is 5.73 Å². The number of nitrogens with two attached hydrogens (primary N) is 1. The predicted molar refractivity (Wildman–Crippen MR) is 51.4 cm³/mol. The minimum Gasteiger partial charge on any atom is -0.321 e. The topological polar surface area (TPSA) is 43.1 Å². The van der Waals surface area contributed by atoms with Crippen LogP contribution in [0.4, 0.5) is 8.78 Å². The van der Waals surface area contributed by atoms with Crippen LogP contribution in [-0.4, -0.2) is 11.8 Å². The number of rotatable bonds is 3. The van der Waals surface area contributed by atoms with Gasteiger partial charge in [-0.05, 0) is 30.9 Å². The molecule has 0 saturated heterocycles. The molecule has 0 radical (unpaired) electrons. The summed E-state index contributed by atoms with van der Waals surface area (Å²) in [5.41, 5.74) is 5.68. The highest BCUT2D eigenvalue weighted by atomic mass is 19.1. The smallest absolute Gasteiger partial charge is 0.179 e. The second-order valence-electron chi connectivity index (χ2n) is 3.89. The predicted octanol–water partition coefficient (Wildman–Crippen LogP) is 1.88. The Labute approximate surface area is 86.1 Å². The molecular weight excluding hydrogens is 200 g/mol. The first kappa shape index (κ1) is 10.2. The number of carbonyl (C=O) groups excluding carboxylic acids is 1. The van der Waals surface area contributed by atoms with Gasteiger partial charge in [0.05, 0.1) is 6.04 Å². The Kier molecular flexibility index (Phi) is 2.52. The second kappa shape index (κ2) is 3.70. The molecule has 0 aromatic heterocycles. The van der Waals surface area contributed by atoms with Crippen molar-refractivity contribution in [3.63, 3.8) is 0 Å². The minimum atomic E-state index is -0.749. The molecule has 0 bridgehead atoms. The van der Waals surface area contributed by atoms with Crippen molar-refractivity contribution in [3.8, 4) is 0 Å². The number of hydrogen-bond acceptors (Lipinski definition) is 2. The van der Waals surface area contributed by atoms with Gasteiger partial charge in [0.2, 0.25) is 0 Å². The molecule has 80 valence electrons. The van der Waals surface area contributed by atoms with Gasteiger partial charge in [0.15, 0.2) is 5.78 Å². The van der Waals surface area contributed by atoms with Gasteiger partial charge in [-0.25, -0.2) is 8.78 Å². The third-order valence-corrected chi connectivity index (χ3v) is 2.58. The van der Waals surface area contributed by atoms with Gasteiger partial charge in [0.25, 0.3) is 0 Å². The zero-order valence-electron chi connectivity index (χ0n) is 8.04. The van der Waals surface area contributed by atoms with E-state index in [1.807, 2.05) is 0 Å². The van der Waals surface area contributed by atoms with Crippen LogP contribution >= 0.6 is 0 Å². The van der Waals surface area contributed by atoms with E-state index >= 15 is 0 Å². The molecule has 1 aromatic rings. The van der Waals surface area contributed by atoms with Crippen LogP contribution in [0.15, 0.2) is 18.2 Å². The Morgan fingerprint density at radius 2 is 1.80 bits per heavy atom. The largest absolute Gasteiger partial charge is 0.321 e. The lowest BCUT2D eigenvalue weighted by Crippen LogP contribution is -2.32. The van der Waals surface area contributed by atoms with Crippen LogP contribution in [0.2, 0.25) is 0 Å². The van der Waals surface area contributed by atoms with Gasteiger partial charge in [-0.3, -0.25) is 4.79 Å². The number of ketones is 1. The van der Waals surface area contributed by atoms with Crippen LogP contribution in [0.1, 0.15) is 23.2 Å². The zero-order valence-corrected chi connectivity index (χ0v) is 8.04. The fourth-order valence-corrected chi connectivity index (χ4v) is 1.56. The van der Waals surface area contributed by atoms with Gasteiger partial charge >= 0.3 is 0 Å². The van der Waals surface area contributed by atoms with Crippen molar-refractivity contribution in [2.24, 2.45) is 11.7 Å². The number of benzene rings is 1. The molecule has 1 unspecified atom stereocenters. The summed E-state index contributed by atoms with van der Waals surface area (Å²) in [5, 5.41) is 0.